The van der Waals surface area contributed by atoms with E-state index in [1.807, 2.05) is 6.92 Å². The lowest BCUT2D eigenvalue weighted by molar-refractivity contribution is -0.385. The fourth-order valence-electron chi connectivity index (χ4n) is 1.78. The van der Waals surface area contributed by atoms with Crippen LogP contribution in [0.15, 0.2) is 41.6 Å². The molecular formula is C15H15N5O5. The third kappa shape index (κ3) is 5.16. The first-order valence-electron chi connectivity index (χ1n) is 7.13. The van der Waals surface area contributed by atoms with Crippen LogP contribution in [0.1, 0.15) is 12.5 Å². The summed E-state index contributed by atoms with van der Waals surface area (Å²) < 4.78 is 11.1. The second kappa shape index (κ2) is 8.24. The number of nitro groups is 1. The maximum atomic E-state index is 10.6. The van der Waals surface area contributed by atoms with Crippen molar-refractivity contribution in [1.82, 2.24) is 10.4 Å². The smallest absolute Gasteiger partial charge is 0.332 e. The second-order valence-corrected chi connectivity index (χ2v) is 4.59. The minimum absolute atomic E-state index is 0.133. The summed E-state index contributed by atoms with van der Waals surface area (Å²) >= 11 is 0. The highest BCUT2D eigenvalue weighted by molar-refractivity contribution is 5.82. The highest BCUT2D eigenvalue weighted by Gasteiger charge is 2.10. The Morgan fingerprint density at radius 3 is 2.80 bits per heavy atom. The molecule has 0 unspecified atom stereocenters. The lowest BCUT2D eigenvalue weighted by Crippen LogP contribution is -2.24. The minimum atomic E-state index is -0.773. The Labute approximate surface area is 142 Å². The van der Waals surface area contributed by atoms with Crippen molar-refractivity contribution in [2.24, 2.45) is 10.8 Å². The van der Waals surface area contributed by atoms with Gasteiger partial charge in [0.05, 0.1) is 17.7 Å². The first-order valence-corrected chi connectivity index (χ1v) is 7.13. The van der Waals surface area contributed by atoms with E-state index in [9.17, 15) is 14.9 Å². The number of nitrogens with one attached hydrogen (secondary N) is 1. The number of hydrazone groups is 1. The van der Waals surface area contributed by atoms with Crippen molar-refractivity contribution in [3.8, 4) is 17.4 Å². The normalized spacial score (nSPS) is 10.4. The predicted molar refractivity (Wildman–Crippen MR) is 88.9 cm³/mol. The fraction of sp³-hybridized carbons (Fsp3) is 0.133. The lowest BCUT2D eigenvalue weighted by atomic mass is 10.2. The molecule has 2 rings (SSSR count). The SMILES string of the molecule is CCOc1cc(/C=N\NC(N)=O)ccc1Oc1ccc([N+](=O)[O-])cn1. The van der Waals surface area contributed by atoms with E-state index in [0.717, 1.165) is 6.20 Å². The molecule has 1 heterocycles. The summed E-state index contributed by atoms with van der Waals surface area (Å²) in [6.45, 7) is 2.20. The predicted octanol–water partition coefficient (Wildman–Crippen LogP) is 2.18. The maximum absolute atomic E-state index is 10.6. The molecule has 2 amide bonds. The first-order chi connectivity index (χ1) is 12.0. The number of rotatable bonds is 7. The summed E-state index contributed by atoms with van der Waals surface area (Å²) in [5.41, 5.74) is 7.51. The van der Waals surface area contributed by atoms with E-state index in [4.69, 9.17) is 15.2 Å². The number of carbonyl (C=O) groups excluding carboxylic acids is 1. The van der Waals surface area contributed by atoms with E-state index < -0.39 is 11.0 Å². The zero-order valence-electron chi connectivity index (χ0n) is 13.2. The first kappa shape index (κ1) is 17.7. The molecule has 3 N–H and O–H groups in total. The molecule has 0 radical (unpaired) electrons. The molecule has 0 atom stereocenters. The van der Waals surface area contributed by atoms with Crippen LogP contribution in [0.5, 0.6) is 17.4 Å². The van der Waals surface area contributed by atoms with Gasteiger partial charge in [-0.05, 0) is 30.7 Å². The van der Waals surface area contributed by atoms with E-state index in [-0.39, 0.29) is 11.6 Å². The van der Waals surface area contributed by atoms with Crippen molar-refractivity contribution in [1.29, 1.82) is 0 Å². The van der Waals surface area contributed by atoms with Crippen LogP contribution in [0.4, 0.5) is 10.5 Å². The fourth-order valence-corrected chi connectivity index (χ4v) is 1.78. The highest BCUT2D eigenvalue weighted by atomic mass is 16.6. The van der Waals surface area contributed by atoms with Gasteiger partial charge in [-0.3, -0.25) is 10.1 Å². The molecule has 0 spiro atoms. The van der Waals surface area contributed by atoms with Crippen LogP contribution in [-0.2, 0) is 0 Å². The number of hydrogen-bond donors (Lipinski definition) is 2. The summed E-state index contributed by atoms with van der Waals surface area (Å²) in [7, 11) is 0. The van der Waals surface area contributed by atoms with Gasteiger partial charge in [0.2, 0.25) is 5.88 Å². The zero-order valence-corrected chi connectivity index (χ0v) is 13.2. The lowest BCUT2D eigenvalue weighted by Gasteiger charge is -2.11. The second-order valence-electron chi connectivity index (χ2n) is 4.59. The Hall–Kier alpha value is -3.69. The van der Waals surface area contributed by atoms with Crippen molar-refractivity contribution in [3.63, 3.8) is 0 Å². The van der Waals surface area contributed by atoms with Crippen LogP contribution >= 0.6 is 0 Å². The van der Waals surface area contributed by atoms with E-state index >= 15 is 0 Å². The van der Waals surface area contributed by atoms with Gasteiger partial charge < -0.3 is 15.2 Å². The number of ether oxygens (including phenoxy) is 2. The number of nitrogens with zero attached hydrogens (tertiary/aromatic N) is 3. The number of aromatic nitrogens is 1. The van der Waals surface area contributed by atoms with E-state index in [0.29, 0.717) is 23.7 Å². The molecular weight excluding hydrogens is 330 g/mol. The number of carbonyl (C=O) groups is 1. The van der Waals surface area contributed by atoms with E-state index in [1.54, 1.807) is 18.2 Å². The molecule has 10 heteroatoms. The van der Waals surface area contributed by atoms with Gasteiger partial charge in [-0.1, -0.05) is 0 Å². The summed E-state index contributed by atoms with van der Waals surface area (Å²) in [6, 6.07) is 6.86. The van der Waals surface area contributed by atoms with Gasteiger partial charge in [-0.25, -0.2) is 15.2 Å². The molecule has 130 valence electrons. The quantitative estimate of drug-likeness (QED) is 0.447. The third-order valence-electron chi connectivity index (χ3n) is 2.80. The van der Waals surface area contributed by atoms with E-state index in [1.165, 1.54) is 18.3 Å². The number of hydrogen-bond acceptors (Lipinski definition) is 7. The number of pyridine rings is 1. The Kier molecular flexibility index (Phi) is 5.82. The van der Waals surface area contributed by atoms with Crippen LogP contribution in [-0.4, -0.2) is 28.8 Å². The summed E-state index contributed by atoms with van der Waals surface area (Å²) in [6.07, 6.45) is 2.49. The van der Waals surface area contributed by atoms with Crippen LogP contribution in [0.3, 0.4) is 0 Å². The molecule has 10 nitrogen and oxygen atoms in total. The van der Waals surface area contributed by atoms with Crippen molar-refractivity contribution in [3.05, 3.63) is 52.2 Å². The number of benzene rings is 1. The molecule has 1 aromatic carbocycles. The standard InChI is InChI=1S/C15H15N5O5/c1-2-24-13-7-10(8-18-19-15(16)21)3-5-12(13)25-14-6-4-11(9-17-14)20(22)23/h3-9H,2H2,1H3,(H3,16,19,21)/b18-8-. The Balaban J connectivity index is 2.20. The van der Waals surface area contributed by atoms with Crippen LogP contribution in [0, 0.1) is 10.1 Å². The van der Waals surface area contributed by atoms with Crippen molar-refractivity contribution in [2.45, 2.75) is 6.92 Å². The van der Waals surface area contributed by atoms with E-state index in [2.05, 4.69) is 15.5 Å². The van der Waals surface area contributed by atoms with Gasteiger partial charge in [0, 0.05) is 12.1 Å². The van der Waals surface area contributed by atoms with Crippen molar-refractivity contribution < 1.29 is 19.2 Å². The maximum Gasteiger partial charge on any atom is 0.332 e. The molecule has 0 saturated carbocycles. The number of primary amides is 1. The topological polar surface area (TPSA) is 142 Å². The van der Waals surface area contributed by atoms with Crippen LogP contribution in [0.25, 0.3) is 0 Å². The molecule has 0 aliphatic rings. The van der Waals surface area contributed by atoms with Crippen molar-refractivity contribution in [2.75, 3.05) is 6.61 Å². The van der Waals surface area contributed by atoms with Gasteiger partial charge in [0.25, 0.3) is 5.69 Å². The average Bonchev–Trinajstić information content (AvgIpc) is 2.57. The summed E-state index contributed by atoms with van der Waals surface area (Å²) in [5.74, 6) is 0.984. The van der Waals surface area contributed by atoms with Crippen LogP contribution in [0.2, 0.25) is 0 Å². The molecule has 0 fully saturated rings. The molecule has 1 aromatic heterocycles. The third-order valence-corrected chi connectivity index (χ3v) is 2.80. The Bertz CT molecular complexity index is 791. The zero-order chi connectivity index (χ0) is 18.2. The summed E-state index contributed by atoms with van der Waals surface area (Å²) in [5, 5.41) is 14.3. The van der Waals surface area contributed by atoms with Crippen LogP contribution < -0.4 is 20.6 Å². The van der Waals surface area contributed by atoms with Gasteiger partial charge in [0.1, 0.15) is 6.20 Å². The monoisotopic (exact) mass is 345 g/mol. The molecule has 0 aliphatic carbocycles. The largest absolute Gasteiger partial charge is 0.490 e. The molecule has 0 saturated heterocycles. The highest BCUT2D eigenvalue weighted by Crippen LogP contribution is 2.32. The number of amides is 2. The average molecular weight is 345 g/mol. The van der Waals surface area contributed by atoms with Crippen molar-refractivity contribution >= 4 is 17.9 Å². The Morgan fingerprint density at radius 2 is 2.20 bits per heavy atom. The Morgan fingerprint density at radius 1 is 1.40 bits per heavy atom. The number of nitrogens with two attached hydrogens (primary N) is 1. The minimum Gasteiger partial charge on any atom is -0.490 e. The van der Waals surface area contributed by atoms with Gasteiger partial charge >= 0.3 is 6.03 Å². The number of urea groups is 1. The van der Waals surface area contributed by atoms with Gasteiger partial charge in [-0.15, -0.1) is 0 Å². The van der Waals surface area contributed by atoms with Gasteiger partial charge in [-0.2, -0.15) is 5.10 Å². The molecule has 25 heavy (non-hydrogen) atoms. The molecule has 2 aromatic rings. The molecule has 0 bridgehead atoms. The van der Waals surface area contributed by atoms with Gasteiger partial charge in [0.15, 0.2) is 11.5 Å². The molecule has 0 aliphatic heterocycles. The summed E-state index contributed by atoms with van der Waals surface area (Å²) in [4.78, 5) is 24.6.